The molecule has 0 aromatic heterocycles. The van der Waals surface area contributed by atoms with E-state index in [9.17, 15) is 0 Å². The van der Waals surface area contributed by atoms with Crippen molar-refractivity contribution in [3.63, 3.8) is 0 Å². The summed E-state index contributed by atoms with van der Waals surface area (Å²) in [6, 6.07) is 0. The summed E-state index contributed by atoms with van der Waals surface area (Å²) in [5.41, 5.74) is 0. The summed E-state index contributed by atoms with van der Waals surface area (Å²) in [4.78, 5) is 0. The van der Waals surface area contributed by atoms with E-state index in [4.69, 9.17) is 4.74 Å². The normalized spacial score (nSPS) is 35.9. The highest BCUT2D eigenvalue weighted by Crippen LogP contribution is 2.38. The molecule has 3 aliphatic rings. The molecule has 26 heavy (non-hydrogen) atoms. The second-order valence-electron chi connectivity index (χ2n) is 9.36. The summed E-state index contributed by atoms with van der Waals surface area (Å²) >= 11 is 0. The lowest BCUT2D eigenvalue weighted by molar-refractivity contribution is 0.0876. The van der Waals surface area contributed by atoms with E-state index in [1.807, 2.05) is 0 Å². The molecule has 1 nitrogen and oxygen atoms in total. The molecule has 0 N–H and O–H groups in total. The fourth-order valence-electron chi connectivity index (χ4n) is 5.57. The predicted molar refractivity (Wildman–Crippen MR) is 112 cm³/mol. The standard InChI is InChI=1S/C25H42O/c1-3-5-20-7-9-21(10-8-20)11-12-22-13-15-23(16-14-22)24-17-18-25(6-4-2)26-19-24/h11-12,18,20-24H,3-10,13-17,19H2,1-2H3/b12-11+. The highest BCUT2D eigenvalue weighted by Gasteiger charge is 2.28. The lowest BCUT2D eigenvalue weighted by Crippen LogP contribution is -2.26. The Hall–Kier alpha value is -0.720. The first kappa shape index (κ1) is 20.0. The van der Waals surface area contributed by atoms with Crippen LogP contribution in [0.4, 0.5) is 0 Å². The van der Waals surface area contributed by atoms with Gasteiger partial charge in [0.05, 0.1) is 12.4 Å². The maximum absolute atomic E-state index is 6.01. The minimum Gasteiger partial charge on any atom is -0.498 e. The number of allylic oxidation sites excluding steroid dienone is 4. The number of rotatable bonds is 7. The van der Waals surface area contributed by atoms with Gasteiger partial charge in [-0.15, -0.1) is 0 Å². The van der Waals surface area contributed by atoms with Gasteiger partial charge in [-0.2, -0.15) is 0 Å². The minimum atomic E-state index is 0.786. The van der Waals surface area contributed by atoms with Crippen LogP contribution in [0.1, 0.15) is 97.3 Å². The molecule has 1 atom stereocenters. The van der Waals surface area contributed by atoms with Gasteiger partial charge in [-0.05, 0) is 99.9 Å². The van der Waals surface area contributed by atoms with Crippen molar-refractivity contribution in [1.82, 2.24) is 0 Å². The molecule has 0 spiro atoms. The van der Waals surface area contributed by atoms with Crippen molar-refractivity contribution >= 4 is 0 Å². The Labute approximate surface area is 162 Å². The van der Waals surface area contributed by atoms with E-state index in [1.165, 1.54) is 82.8 Å². The van der Waals surface area contributed by atoms with Crippen LogP contribution in [0.2, 0.25) is 0 Å². The van der Waals surface area contributed by atoms with Crippen LogP contribution in [0.25, 0.3) is 0 Å². The molecule has 1 aliphatic heterocycles. The second-order valence-corrected chi connectivity index (χ2v) is 9.36. The Morgan fingerprint density at radius 3 is 2.04 bits per heavy atom. The lowest BCUT2D eigenvalue weighted by atomic mass is 9.74. The van der Waals surface area contributed by atoms with E-state index in [1.54, 1.807) is 0 Å². The molecule has 0 bridgehead atoms. The van der Waals surface area contributed by atoms with Crippen molar-refractivity contribution < 1.29 is 4.74 Å². The Bertz CT molecular complexity index is 447. The van der Waals surface area contributed by atoms with Crippen LogP contribution in [-0.4, -0.2) is 6.61 Å². The van der Waals surface area contributed by atoms with Gasteiger partial charge in [-0.3, -0.25) is 0 Å². The molecule has 1 heterocycles. The van der Waals surface area contributed by atoms with Crippen LogP contribution >= 0.6 is 0 Å². The fraction of sp³-hybridized carbons (Fsp3) is 0.840. The van der Waals surface area contributed by atoms with Gasteiger partial charge in [0.25, 0.3) is 0 Å². The molecule has 0 radical (unpaired) electrons. The first-order valence-electron chi connectivity index (χ1n) is 11.8. The summed E-state index contributed by atoms with van der Waals surface area (Å²) in [7, 11) is 0. The second kappa shape index (κ2) is 10.6. The lowest BCUT2D eigenvalue weighted by Gasteiger charge is -2.35. The Morgan fingerprint density at radius 1 is 0.846 bits per heavy atom. The Balaban J connectivity index is 1.35. The van der Waals surface area contributed by atoms with Gasteiger partial charge in [0, 0.05) is 6.42 Å². The van der Waals surface area contributed by atoms with E-state index >= 15 is 0 Å². The van der Waals surface area contributed by atoms with Crippen LogP contribution < -0.4 is 0 Å². The topological polar surface area (TPSA) is 9.23 Å². The van der Waals surface area contributed by atoms with E-state index in [2.05, 4.69) is 32.1 Å². The van der Waals surface area contributed by atoms with Gasteiger partial charge in [0.2, 0.25) is 0 Å². The van der Waals surface area contributed by atoms with Crippen molar-refractivity contribution in [3.05, 3.63) is 24.0 Å². The minimum absolute atomic E-state index is 0.786. The molecule has 3 rings (SSSR count). The molecular formula is C25H42O. The summed E-state index contributed by atoms with van der Waals surface area (Å²) < 4.78 is 6.01. The van der Waals surface area contributed by atoms with Gasteiger partial charge in [0.15, 0.2) is 0 Å². The van der Waals surface area contributed by atoms with E-state index < -0.39 is 0 Å². The molecule has 2 saturated carbocycles. The van der Waals surface area contributed by atoms with Crippen LogP contribution in [0.5, 0.6) is 0 Å². The molecule has 1 heteroatoms. The highest BCUT2D eigenvalue weighted by atomic mass is 16.5. The van der Waals surface area contributed by atoms with E-state index in [-0.39, 0.29) is 0 Å². The molecule has 1 unspecified atom stereocenters. The predicted octanol–water partition coefficient (Wildman–Crippen LogP) is 7.68. The molecule has 148 valence electrons. The molecule has 0 aromatic rings. The largest absolute Gasteiger partial charge is 0.498 e. The first-order chi connectivity index (χ1) is 12.8. The molecule has 0 aromatic carbocycles. The maximum Gasteiger partial charge on any atom is 0.0920 e. The van der Waals surface area contributed by atoms with Gasteiger partial charge < -0.3 is 4.74 Å². The smallest absolute Gasteiger partial charge is 0.0920 e. The number of ether oxygens (including phenoxy) is 1. The van der Waals surface area contributed by atoms with Crippen LogP contribution in [-0.2, 0) is 4.74 Å². The zero-order chi connectivity index (χ0) is 18.2. The summed E-state index contributed by atoms with van der Waals surface area (Å²) in [6.45, 7) is 5.56. The van der Waals surface area contributed by atoms with Crippen molar-refractivity contribution in [2.75, 3.05) is 6.61 Å². The van der Waals surface area contributed by atoms with Gasteiger partial charge in [-0.1, -0.05) is 38.8 Å². The summed E-state index contributed by atoms with van der Waals surface area (Å²) in [5, 5.41) is 0. The van der Waals surface area contributed by atoms with Crippen molar-refractivity contribution in [3.8, 4) is 0 Å². The molecule has 2 aliphatic carbocycles. The molecular weight excluding hydrogens is 316 g/mol. The van der Waals surface area contributed by atoms with Gasteiger partial charge >= 0.3 is 0 Å². The Kier molecular flexibility index (Phi) is 8.14. The average Bonchev–Trinajstić information content (AvgIpc) is 2.69. The first-order valence-corrected chi connectivity index (χ1v) is 11.8. The number of hydrogen-bond acceptors (Lipinski definition) is 1. The van der Waals surface area contributed by atoms with Crippen molar-refractivity contribution in [2.24, 2.45) is 29.6 Å². The van der Waals surface area contributed by atoms with Crippen molar-refractivity contribution in [2.45, 2.75) is 97.3 Å². The molecule has 0 saturated heterocycles. The quantitative estimate of drug-likeness (QED) is 0.424. The third kappa shape index (κ3) is 5.89. The summed E-state index contributed by atoms with van der Waals surface area (Å²) in [6.07, 6.45) is 25.5. The van der Waals surface area contributed by atoms with Crippen LogP contribution in [0, 0.1) is 29.6 Å². The third-order valence-electron chi connectivity index (χ3n) is 7.35. The van der Waals surface area contributed by atoms with E-state index in [0.29, 0.717) is 0 Å². The Morgan fingerprint density at radius 2 is 1.50 bits per heavy atom. The zero-order valence-electron chi connectivity index (χ0n) is 17.4. The van der Waals surface area contributed by atoms with Crippen LogP contribution in [0.3, 0.4) is 0 Å². The summed E-state index contributed by atoms with van der Waals surface area (Å²) in [5.74, 6) is 5.72. The van der Waals surface area contributed by atoms with Crippen LogP contribution in [0.15, 0.2) is 24.0 Å². The third-order valence-corrected chi connectivity index (χ3v) is 7.35. The number of hydrogen-bond donors (Lipinski definition) is 0. The fourth-order valence-corrected chi connectivity index (χ4v) is 5.57. The van der Waals surface area contributed by atoms with Crippen molar-refractivity contribution in [1.29, 1.82) is 0 Å². The molecule has 2 fully saturated rings. The van der Waals surface area contributed by atoms with E-state index in [0.717, 1.165) is 42.6 Å². The maximum atomic E-state index is 6.01. The zero-order valence-corrected chi connectivity index (χ0v) is 17.4. The van der Waals surface area contributed by atoms with Gasteiger partial charge in [-0.25, -0.2) is 0 Å². The monoisotopic (exact) mass is 358 g/mol. The SMILES string of the molecule is CCCC1=CCC(C2CCC(/C=C/C3CCC(CCC)CC3)CC2)CO1. The van der Waals surface area contributed by atoms with Gasteiger partial charge in [0.1, 0.15) is 0 Å². The average molecular weight is 359 g/mol. The highest BCUT2D eigenvalue weighted by molar-refractivity contribution is 5.00. The molecule has 0 amide bonds.